The molecule has 0 radical (unpaired) electrons. The van der Waals surface area contributed by atoms with Crippen molar-refractivity contribution in [1.82, 2.24) is 10.6 Å². The zero-order valence-corrected chi connectivity index (χ0v) is 11.8. The predicted octanol–water partition coefficient (Wildman–Crippen LogP) is 0.757. The lowest BCUT2D eigenvalue weighted by molar-refractivity contribution is -0.384. The van der Waals surface area contributed by atoms with Crippen molar-refractivity contribution in [2.24, 2.45) is 0 Å². The number of amides is 1. The maximum Gasteiger partial charge on any atom is 0.292 e. The average Bonchev–Trinajstić information content (AvgIpc) is 2.43. The fourth-order valence-electron chi connectivity index (χ4n) is 1.76. The van der Waals surface area contributed by atoms with Crippen molar-refractivity contribution in [3.8, 4) is 0 Å². The van der Waals surface area contributed by atoms with Gasteiger partial charge in [-0.1, -0.05) is 19.1 Å². The largest absolute Gasteiger partial charge is 0.360 e. The third-order valence-corrected chi connectivity index (χ3v) is 2.74. The molecule has 0 saturated carbocycles. The van der Waals surface area contributed by atoms with Crippen LogP contribution in [0.3, 0.4) is 0 Å². The fraction of sp³-hybridized carbons (Fsp3) is 0.462. The molecule has 1 rings (SSSR count). The maximum absolute atomic E-state index is 11.7. The van der Waals surface area contributed by atoms with E-state index in [9.17, 15) is 14.9 Å². The Morgan fingerprint density at radius 1 is 1.35 bits per heavy atom. The number of anilines is 1. The summed E-state index contributed by atoms with van der Waals surface area (Å²) >= 11 is 0. The quantitative estimate of drug-likeness (QED) is 0.417. The molecule has 0 fully saturated rings. The second-order valence-electron chi connectivity index (χ2n) is 4.31. The molecule has 110 valence electrons. The van der Waals surface area contributed by atoms with Crippen molar-refractivity contribution in [1.29, 1.82) is 0 Å². The number of carbonyl (C=O) groups is 1. The number of rotatable bonds is 8. The summed E-state index contributed by atoms with van der Waals surface area (Å²) in [6.07, 6.45) is 0. The minimum absolute atomic E-state index is 0.00421. The zero-order chi connectivity index (χ0) is 15.0. The second-order valence-corrected chi connectivity index (χ2v) is 4.31. The molecule has 1 amide bonds. The number of carbonyl (C=O) groups excluding carboxylic acids is 1. The normalized spacial score (nSPS) is 10.1. The minimum atomic E-state index is -0.449. The molecule has 1 aromatic rings. The lowest BCUT2D eigenvalue weighted by Crippen LogP contribution is -2.38. The minimum Gasteiger partial charge on any atom is -0.360 e. The Morgan fingerprint density at radius 2 is 2.05 bits per heavy atom. The van der Waals surface area contributed by atoms with E-state index in [0.29, 0.717) is 18.8 Å². The highest BCUT2D eigenvalue weighted by atomic mass is 16.6. The van der Waals surface area contributed by atoms with Gasteiger partial charge in [-0.05, 0) is 12.6 Å². The molecule has 2 N–H and O–H groups in total. The van der Waals surface area contributed by atoms with Crippen molar-refractivity contribution in [3.05, 3.63) is 34.4 Å². The van der Waals surface area contributed by atoms with Gasteiger partial charge in [0.25, 0.3) is 5.69 Å². The molecule has 0 aromatic heterocycles. The first-order chi connectivity index (χ1) is 9.56. The molecule has 0 aliphatic carbocycles. The third-order valence-electron chi connectivity index (χ3n) is 2.74. The number of nitrogens with one attached hydrogen (secondary N) is 2. The van der Waals surface area contributed by atoms with Gasteiger partial charge in [0.05, 0.1) is 11.5 Å². The van der Waals surface area contributed by atoms with Gasteiger partial charge in [0.2, 0.25) is 5.91 Å². The van der Waals surface area contributed by atoms with Crippen LogP contribution in [0, 0.1) is 10.1 Å². The third kappa shape index (κ3) is 4.85. The molecule has 1 aromatic carbocycles. The summed E-state index contributed by atoms with van der Waals surface area (Å²) < 4.78 is 0. The van der Waals surface area contributed by atoms with Gasteiger partial charge in [-0.3, -0.25) is 14.9 Å². The van der Waals surface area contributed by atoms with Crippen molar-refractivity contribution < 1.29 is 9.72 Å². The molecule has 0 heterocycles. The number of nitro benzene ring substituents is 1. The Hall–Kier alpha value is -2.15. The number of benzene rings is 1. The molecular weight excluding hydrogens is 260 g/mol. The maximum atomic E-state index is 11.7. The van der Waals surface area contributed by atoms with E-state index in [4.69, 9.17) is 0 Å². The topological polar surface area (TPSA) is 87.5 Å². The number of likely N-dealkylation sites (N-methyl/N-ethyl adjacent to an activating group) is 2. The number of hydrogen-bond acceptors (Lipinski definition) is 5. The molecule has 7 nitrogen and oxygen atoms in total. The number of para-hydroxylation sites is 2. The van der Waals surface area contributed by atoms with E-state index in [1.807, 2.05) is 6.92 Å². The Balaban J connectivity index is 2.56. The molecule has 0 aliphatic rings. The Kier molecular flexibility index (Phi) is 6.45. The molecule has 7 heteroatoms. The predicted molar refractivity (Wildman–Crippen MR) is 77.9 cm³/mol. The van der Waals surface area contributed by atoms with E-state index < -0.39 is 4.92 Å². The summed E-state index contributed by atoms with van der Waals surface area (Å²) in [4.78, 5) is 23.8. The van der Waals surface area contributed by atoms with E-state index in [0.717, 1.165) is 6.54 Å². The Labute approximate surface area is 118 Å². The Bertz CT molecular complexity index is 465. The fourth-order valence-corrected chi connectivity index (χ4v) is 1.76. The van der Waals surface area contributed by atoms with E-state index in [1.165, 1.54) is 6.07 Å². The van der Waals surface area contributed by atoms with Gasteiger partial charge in [0.1, 0.15) is 5.69 Å². The lowest BCUT2D eigenvalue weighted by Gasteiger charge is -2.18. The number of hydrogen-bond donors (Lipinski definition) is 2. The van der Waals surface area contributed by atoms with Crippen LogP contribution >= 0.6 is 0 Å². The number of nitro groups is 1. The SMILES string of the molecule is CCNCCNC(=O)CN(C)c1ccccc1[N+](=O)[O-]. The highest BCUT2D eigenvalue weighted by Gasteiger charge is 2.17. The van der Waals surface area contributed by atoms with Gasteiger partial charge < -0.3 is 15.5 Å². The summed E-state index contributed by atoms with van der Waals surface area (Å²) in [5.41, 5.74) is 0.426. The standard InChI is InChI=1S/C13H20N4O3/c1-3-14-8-9-15-13(18)10-16(2)11-6-4-5-7-12(11)17(19)20/h4-7,14H,3,8-10H2,1-2H3,(H,15,18). The monoisotopic (exact) mass is 280 g/mol. The van der Waals surface area contributed by atoms with Crippen molar-refractivity contribution in [2.75, 3.05) is 38.1 Å². The Morgan fingerprint density at radius 3 is 2.70 bits per heavy atom. The van der Waals surface area contributed by atoms with E-state index in [1.54, 1.807) is 30.1 Å². The summed E-state index contributed by atoms with van der Waals surface area (Å²) in [5, 5.41) is 16.8. The van der Waals surface area contributed by atoms with Crippen LogP contribution in [-0.4, -0.2) is 44.1 Å². The van der Waals surface area contributed by atoms with Crippen LogP contribution in [-0.2, 0) is 4.79 Å². The molecule has 20 heavy (non-hydrogen) atoms. The van der Waals surface area contributed by atoms with Crippen LogP contribution in [0.5, 0.6) is 0 Å². The van der Waals surface area contributed by atoms with Crippen LogP contribution in [0.1, 0.15) is 6.92 Å². The first kappa shape index (κ1) is 15.9. The highest BCUT2D eigenvalue weighted by molar-refractivity contribution is 5.82. The van der Waals surface area contributed by atoms with E-state index >= 15 is 0 Å². The smallest absolute Gasteiger partial charge is 0.292 e. The molecule has 0 spiro atoms. The molecule has 0 bridgehead atoms. The lowest BCUT2D eigenvalue weighted by atomic mass is 10.2. The van der Waals surface area contributed by atoms with E-state index in [2.05, 4.69) is 10.6 Å². The first-order valence-electron chi connectivity index (χ1n) is 6.48. The summed E-state index contributed by atoms with van der Waals surface area (Å²) in [7, 11) is 1.66. The summed E-state index contributed by atoms with van der Waals surface area (Å²) in [6.45, 7) is 4.17. The van der Waals surface area contributed by atoms with Gasteiger partial charge in [-0.2, -0.15) is 0 Å². The van der Waals surface area contributed by atoms with E-state index in [-0.39, 0.29) is 18.1 Å². The molecule has 0 saturated heterocycles. The van der Waals surface area contributed by atoms with Gasteiger partial charge in [-0.25, -0.2) is 0 Å². The zero-order valence-electron chi connectivity index (χ0n) is 11.8. The molecule has 0 aliphatic heterocycles. The van der Waals surface area contributed by atoms with Gasteiger partial charge >= 0.3 is 0 Å². The first-order valence-corrected chi connectivity index (χ1v) is 6.48. The molecule has 0 unspecified atom stereocenters. The molecular formula is C13H20N4O3. The van der Waals surface area contributed by atoms with Crippen LogP contribution in [0.4, 0.5) is 11.4 Å². The summed E-state index contributed by atoms with van der Waals surface area (Å²) in [5.74, 6) is -0.163. The molecule has 0 atom stereocenters. The number of nitrogens with zero attached hydrogens (tertiary/aromatic N) is 2. The van der Waals surface area contributed by atoms with Gasteiger partial charge in [-0.15, -0.1) is 0 Å². The highest BCUT2D eigenvalue weighted by Crippen LogP contribution is 2.26. The second kappa shape index (κ2) is 8.11. The van der Waals surface area contributed by atoms with Gasteiger partial charge in [0, 0.05) is 26.2 Å². The van der Waals surface area contributed by atoms with Crippen LogP contribution in [0.25, 0.3) is 0 Å². The van der Waals surface area contributed by atoms with Crippen LogP contribution < -0.4 is 15.5 Å². The van der Waals surface area contributed by atoms with Crippen molar-refractivity contribution >= 4 is 17.3 Å². The average molecular weight is 280 g/mol. The van der Waals surface area contributed by atoms with Crippen LogP contribution in [0.15, 0.2) is 24.3 Å². The van der Waals surface area contributed by atoms with Gasteiger partial charge in [0.15, 0.2) is 0 Å². The van der Waals surface area contributed by atoms with Crippen molar-refractivity contribution in [3.63, 3.8) is 0 Å². The summed E-state index contributed by atoms with van der Waals surface area (Å²) in [6, 6.07) is 6.37. The van der Waals surface area contributed by atoms with Crippen LogP contribution in [0.2, 0.25) is 0 Å². The van der Waals surface area contributed by atoms with Crippen molar-refractivity contribution in [2.45, 2.75) is 6.92 Å².